The lowest BCUT2D eigenvalue weighted by Gasteiger charge is -2.17. The zero-order chi connectivity index (χ0) is 15.5. The van der Waals surface area contributed by atoms with Gasteiger partial charge in [0.1, 0.15) is 16.8 Å². The average Bonchev–Trinajstić information content (AvgIpc) is 2.86. The summed E-state index contributed by atoms with van der Waals surface area (Å²) in [4.78, 5) is 24.6. The minimum absolute atomic E-state index is 0.0413. The molecule has 0 aliphatic carbocycles. The predicted octanol–water partition coefficient (Wildman–Crippen LogP) is 2.38. The van der Waals surface area contributed by atoms with Gasteiger partial charge in [0.15, 0.2) is 9.99 Å². The number of anilines is 1. The lowest BCUT2D eigenvalue weighted by molar-refractivity contribution is -0.128. The number of nitrogens with one attached hydrogen (secondary N) is 2. The van der Waals surface area contributed by atoms with E-state index >= 15 is 0 Å². The van der Waals surface area contributed by atoms with Crippen molar-refractivity contribution in [2.45, 2.75) is 25.1 Å². The Morgan fingerprint density at radius 2 is 2.10 bits per heavy atom. The highest BCUT2D eigenvalue weighted by molar-refractivity contribution is 8.00. The first kappa shape index (κ1) is 16.0. The van der Waals surface area contributed by atoms with Crippen LogP contribution >= 0.6 is 23.1 Å². The maximum atomic E-state index is 11.8. The van der Waals surface area contributed by atoms with E-state index in [1.165, 1.54) is 6.33 Å². The number of amides is 1. The molecule has 2 N–H and O–H groups in total. The van der Waals surface area contributed by atoms with Gasteiger partial charge in [0.2, 0.25) is 5.91 Å². The van der Waals surface area contributed by atoms with Crippen LogP contribution in [0.2, 0.25) is 0 Å². The number of carbonyl (C=O) groups is 1. The number of nitrogens with zero attached hydrogens (tertiary/aromatic N) is 3. The molecule has 6 nitrogen and oxygen atoms in total. The second kappa shape index (κ2) is 6.57. The van der Waals surface area contributed by atoms with E-state index in [0.717, 1.165) is 14.9 Å². The molecule has 0 aliphatic rings. The van der Waals surface area contributed by atoms with Gasteiger partial charge in [-0.2, -0.15) is 0 Å². The normalized spacial score (nSPS) is 11.6. The van der Waals surface area contributed by atoms with Crippen LogP contribution in [0.4, 0.5) is 5.82 Å². The van der Waals surface area contributed by atoms with E-state index in [0.29, 0.717) is 18.7 Å². The summed E-state index contributed by atoms with van der Waals surface area (Å²) in [5, 5.41) is 6.12. The fourth-order valence-corrected chi connectivity index (χ4v) is 3.05. The Morgan fingerprint density at radius 1 is 1.33 bits per heavy atom. The molecule has 2 aromatic rings. The van der Waals surface area contributed by atoms with E-state index in [4.69, 9.17) is 0 Å². The Labute approximate surface area is 132 Å². The Bertz CT molecular complexity index is 635. The first-order valence-electron chi connectivity index (χ1n) is 6.59. The Kier molecular flexibility index (Phi) is 5.00. The van der Waals surface area contributed by atoms with Crippen LogP contribution in [-0.4, -0.2) is 40.2 Å². The molecule has 0 atom stereocenters. The van der Waals surface area contributed by atoms with Crippen LogP contribution in [0, 0.1) is 5.41 Å². The standard InChI is InChI=1S/C13H19N5OS2/c1-13(2,3)11(19)15-6-5-14-9-8-10(17-7-16-9)18-12(20-4)21-8/h7H,5-6H2,1-4H3,(H,15,19)(H,14,16,17). The summed E-state index contributed by atoms with van der Waals surface area (Å²) in [7, 11) is 0. The number of thioether (sulfide) groups is 1. The zero-order valence-electron chi connectivity index (χ0n) is 12.6. The number of fused-ring (bicyclic) bond motifs is 1. The van der Waals surface area contributed by atoms with E-state index in [1.807, 2.05) is 27.0 Å². The number of hydrogen-bond acceptors (Lipinski definition) is 7. The van der Waals surface area contributed by atoms with Crippen LogP contribution in [0.5, 0.6) is 0 Å². The van der Waals surface area contributed by atoms with Crippen molar-refractivity contribution >= 4 is 45.2 Å². The van der Waals surface area contributed by atoms with Crippen LogP contribution < -0.4 is 10.6 Å². The van der Waals surface area contributed by atoms with E-state index < -0.39 is 0 Å². The quantitative estimate of drug-likeness (QED) is 0.649. The molecule has 0 bridgehead atoms. The summed E-state index contributed by atoms with van der Waals surface area (Å²) in [6.45, 7) is 6.84. The number of thiazole rings is 1. The van der Waals surface area contributed by atoms with Crippen molar-refractivity contribution in [2.75, 3.05) is 24.7 Å². The van der Waals surface area contributed by atoms with Crippen molar-refractivity contribution in [3.8, 4) is 0 Å². The predicted molar refractivity (Wildman–Crippen MR) is 87.9 cm³/mol. The minimum atomic E-state index is -0.368. The first-order valence-corrected chi connectivity index (χ1v) is 8.63. The lowest BCUT2D eigenvalue weighted by Crippen LogP contribution is -2.37. The topological polar surface area (TPSA) is 79.8 Å². The number of aromatic nitrogens is 3. The third kappa shape index (κ3) is 4.04. The Morgan fingerprint density at radius 3 is 2.76 bits per heavy atom. The number of carbonyl (C=O) groups excluding carboxylic acids is 1. The van der Waals surface area contributed by atoms with Crippen molar-refractivity contribution in [2.24, 2.45) is 5.41 Å². The first-order chi connectivity index (χ1) is 9.91. The van der Waals surface area contributed by atoms with Crippen LogP contribution in [0.3, 0.4) is 0 Å². The molecule has 1 amide bonds. The molecule has 0 aliphatic heterocycles. The molecule has 0 unspecified atom stereocenters. The van der Waals surface area contributed by atoms with E-state index in [1.54, 1.807) is 23.1 Å². The van der Waals surface area contributed by atoms with Crippen molar-refractivity contribution in [3.05, 3.63) is 6.33 Å². The van der Waals surface area contributed by atoms with Gasteiger partial charge in [0.05, 0.1) is 0 Å². The largest absolute Gasteiger partial charge is 0.367 e. The second-order valence-corrected chi connectivity index (χ2v) is 7.54. The van der Waals surface area contributed by atoms with Crippen molar-refractivity contribution < 1.29 is 4.79 Å². The summed E-state index contributed by atoms with van der Waals surface area (Å²) in [6.07, 6.45) is 3.49. The van der Waals surface area contributed by atoms with Crippen LogP contribution in [0.1, 0.15) is 20.8 Å². The monoisotopic (exact) mass is 325 g/mol. The van der Waals surface area contributed by atoms with Gasteiger partial charge in [0.25, 0.3) is 0 Å². The summed E-state index contributed by atoms with van der Waals surface area (Å²) < 4.78 is 1.92. The molecule has 0 spiro atoms. The smallest absolute Gasteiger partial charge is 0.225 e. The molecule has 2 aromatic heterocycles. The van der Waals surface area contributed by atoms with Gasteiger partial charge in [0, 0.05) is 18.5 Å². The maximum absolute atomic E-state index is 11.8. The molecule has 0 saturated carbocycles. The van der Waals surface area contributed by atoms with E-state index in [-0.39, 0.29) is 11.3 Å². The van der Waals surface area contributed by atoms with Crippen LogP contribution in [0.25, 0.3) is 10.3 Å². The molecule has 0 fully saturated rings. The molecule has 2 heterocycles. The summed E-state index contributed by atoms with van der Waals surface area (Å²) >= 11 is 3.16. The number of hydrogen-bond donors (Lipinski definition) is 2. The third-order valence-corrected chi connectivity index (χ3v) is 4.77. The molecule has 0 saturated heterocycles. The van der Waals surface area contributed by atoms with Gasteiger partial charge in [-0.15, -0.1) is 11.3 Å². The Balaban J connectivity index is 1.95. The molecule has 0 aromatic carbocycles. The van der Waals surface area contributed by atoms with Gasteiger partial charge in [-0.25, -0.2) is 15.0 Å². The molecule has 0 radical (unpaired) electrons. The zero-order valence-corrected chi connectivity index (χ0v) is 14.2. The Hall–Kier alpha value is -1.41. The SMILES string of the molecule is CSc1nc2ncnc(NCCNC(=O)C(C)(C)C)c2s1. The lowest BCUT2D eigenvalue weighted by atomic mass is 9.96. The molecule has 114 valence electrons. The van der Waals surface area contributed by atoms with Gasteiger partial charge in [-0.3, -0.25) is 4.79 Å². The molecular formula is C13H19N5OS2. The fraction of sp³-hybridized carbons (Fsp3) is 0.538. The van der Waals surface area contributed by atoms with Crippen molar-refractivity contribution in [1.29, 1.82) is 0 Å². The fourth-order valence-electron chi connectivity index (χ4n) is 1.57. The highest BCUT2D eigenvalue weighted by atomic mass is 32.2. The van der Waals surface area contributed by atoms with E-state index in [2.05, 4.69) is 25.6 Å². The summed E-state index contributed by atoms with van der Waals surface area (Å²) in [5.41, 5.74) is 0.341. The molecule has 8 heteroatoms. The number of rotatable bonds is 5. The van der Waals surface area contributed by atoms with Crippen LogP contribution in [-0.2, 0) is 4.79 Å². The second-order valence-electron chi connectivity index (χ2n) is 5.49. The third-order valence-electron chi connectivity index (χ3n) is 2.73. The van der Waals surface area contributed by atoms with Gasteiger partial charge in [-0.05, 0) is 6.26 Å². The minimum Gasteiger partial charge on any atom is -0.367 e. The van der Waals surface area contributed by atoms with Gasteiger partial charge >= 0.3 is 0 Å². The maximum Gasteiger partial charge on any atom is 0.225 e. The summed E-state index contributed by atoms with van der Waals surface area (Å²) in [6, 6.07) is 0. The molecular weight excluding hydrogens is 306 g/mol. The highest BCUT2D eigenvalue weighted by Gasteiger charge is 2.20. The van der Waals surface area contributed by atoms with Crippen molar-refractivity contribution in [1.82, 2.24) is 20.3 Å². The van der Waals surface area contributed by atoms with Crippen LogP contribution in [0.15, 0.2) is 10.7 Å². The molecule has 2 rings (SSSR count). The van der Waals surface area contributed by atoms with Gasteiger partial charge < -0.3 is 10.6 Å². The average molecular weight is 325 g/mol. The summed E-state index contributed by atoms with van der Waals surface area (Å²) in [5.74, 6) is 0.808. The van der Waals surface area contributed by atoms with E-state index in [9.17, 15) is 4.79 Å². The highest BCUT2D eigenvalue weighted by Crippen LogP contribution is 2.30. The van der Waals surface area contributed by atoms with Gasteiger partial charge in [-0.1, -0.05) is 32.5 Å². The molecule has 21 heavy (non-hydrogen) atoms. The van der Waals surface area contributed by atoms with Crippen molar-refractivity contribution in [3.63, 3.8) is 0 Å².